The van der Waals surface area contributed by atoms with Crippen molar-refractivity contribution in [3.8, 4) is 5.75 Å². The molecule has 0 aliphatic heterocycles. The molecule has 0 aliphatic rings. The smallest absolute Gasteiger partial charge is 0.240 e. The molecule has 4 nitrogen and oxygen atoms in total. The Morgan fingerprint density at radius 2 is 1.80 bits per heavy atom. The van der Waals surface area contributed by atoms with Crippen molar-refractivity contribution in [3.05, 3.63) is 65.9 Å². The van der Waals surface area contributed by atoms with Gasteiger partial charge in [-0.25, -0.2) is 0 Å². The minimum atomic E-state index is -0.526. The monoisotopic (exact) mass is 336 g/mol. The molecule has 4 heteroatoms. The molecule has 1 N–H and O–H groups in total. The van der Waals surface area contributed by atoms with Crippen molar-refractivity contribution in [2.45, 2.75) is 32.9 Å². The predicted octanol–water partition coefficient (Wildman–Crippen LogP) is 4.01. The van der Waals surface area contributed by atoms with Crippen LogP contribution in [0.2, 0.25) is 0 Å². The van der Waals surface area contributed by atoms with Crippen LogP contribution >= 0.6 is 0 Å². The molecule has 3 aromatic rings. The number of methoxy groups -OCH3 is 1. The topological polar surface area (TPSA) is 43.3 Å². The van der Waals surface area contributed by atoms with E-state index in [0.29, 0.717) is 0 Å². The summed E-state index contributed by atoms with van der Waals surface area (Å²) < 4.78 is 7.43. The summed E-state index contributed by atoms with van der Waals surface area (Å²) in [5.41, 5.74) is 2.68. The molecule has 0 fully saturated rings. The van der Waals surface area contributed by atoms with Crippen molar-refractivity contribution in [3.63, 3.8) is 0 Å². The van der Waals surface area contributed by atoms with Crippen molar-refractivity contribution >= 4 is 16.8 Å². The van der Waals surface area contributed by atoms with Crippen molar-refractivity contribution < 1.29 is 9.53 Å². The lowest BCUT2D eigenvalue weighted by Crippen LogP contribution is -2.42. The van der Waals surface area contributed by atoms with E-state index in [9.17, 15) is 4.79 Å². The first kappa shape index (κ1) is 17.1. The van der Waals surface area contributed by atoms with Crippen LogP contribution in [0.25, 0.3) is 10.9 Å². The molecule has 2 aromatic carbocycles. The first-order valence-corrected chi connectivity index (χ1v) is 8.41. The Morgan fingerprint density at radius 1 is 1.12 bits per heavy atom. The second-order valence-electron chi connectivity index (χ2n) is 6.83. The molecular weight excluding hydrogens is 312 g/mol. The van der Waals surface area contributed by atoms with Gasteiger partial charge in [-0.15, -0.1) is 0 Å². The van der Waals surface area contributed by atoms with E-state index >= 15 is 0 Å². The van der Waals surface area contributed by atoms with E-state index in [1.54, 1.807) is 7.11 Å². The molecule has 0 atom stereocenters. The molecule has 0 saturated carbocycles. The largest absolute Gasteiger partial charge is 0.496 e. The van der Waals surface area contributed by atoms with Gasteiger partial charge in [-0.2, -0.15) is 0 Å². The highest BCUT2D eigenvalue weighted by atomic mass is 16.5. The lowest BCUT2D eigenvalue weighted by atomic mass is 9.93. The quantitative estimate of drug-likeness (QED) is 0.765. The molecule has 3 rings (SSSR count). The Morgan fingerprint density at radius 3 is 2.56 bits per heavy atom. The second kappa shape index (κ2) is 6.63. The Balaban J connectivity index is 1.82. The molecule has 0 unspecified atom stereocenters. The number of para-hydroxylation sites is 2. The summed E-state index contributed by atoms with van der Waals surface area (Å²) in [6, 6.07) is 15.9. The maximum atomic E-state index is 12.7. The number of nitrogens with zero attached hydrogens (tertiary/aromatic N) is 1. The van der Waals surface area contributed by atoms with Crippen molar-refractivity contribution in [1.82, 2.24) is 9.88 Å². The van der Waals surface area contributed by atoms with E-state index in [-0.39, 0.29) is 12.5 Å². The summed E-state index contributed by atoms with van der Waals surface area (Å²) in [5.74, 6) is 0.742. The maximum absolute atomic E-state index is 12.7. The summed E-state index contributed by atoms with van der Waals surface area (Å²) in [4.78, 5) is 12.7. The van der Waals surface area contributed by atoms with E-state index in [0.717, 1.165) is 16.8 Å². The highest BCUT2D eigenvalue weighted by molar-refractivity contribution is 5.86. The van der Waals surface area contributed by atoms with Gasteiger partial charge in [0.05, 0.1) is 12.6 Å². The van der Waals surface area contributed by atoms with Gasteiger partial charge in [-0.05, 0) is 38.5 Å². The summed E-state index contributed by atoms with van der Waals surface area (Å²) in [6.07, 6.45) is 2.03. The Bertz CT molecular complexity index is 909. The number of amides is 1. The van der Waals surface area contributed by atoms with Gasteiger partial charge in [0.2, 0.25) is 5.91 Å². The van der Waals surface area contributed by atoms with Crippen LogP contribution in [0.15, 0.2) is 54.7 Å². The maximum Gasteiger partial charge on any atom is 0.240 e. The molecule has 0 radical (unpaired) electrons. The number of nitrogens with one attached hydrogen (secondary N) is 1. The van der Waals surface area contributed by atoms with Gasteiger partial charge in [0.25, 0.3) is 0 Å². The number of ether oxygens (including phenoxy) is 1. The molecule has 130 valence electrons. The standard InChI is InChI=1S/C21H24N2O2/c1-15-13-23(18-11-7-5-9-16(15)18)14-20(24)22-21(2,3)17-10-6-8-12-19(17)25-4/h5-13H,14H2,1-4H3,(H,22,24). The van der Waals surface area contributed by atoms with Crippen molar-refractivity contribution in [2.75, 3.05) is 7.11 Å². The van der Waals surface area contributed by atoms with Crippen LogP contribution in [0.4, 0.5) is 0 Å². The third kappa shape index (κ3) is 3.38. The lowest BCUT2D eigenvalue weighted by molar-refractivity contribution is -0.123. The Hall–Kier alpha value is -2.75. The Labute approximate surface area is 148 Å². The van der Waals surface area contributed by atoms with E-state index < -0.39 is 5.54 Å². The number of aryl methyl sites for hydroxylation is 1. The first-order valence-electron chi connectivity index (χ1n) is 8.41. The predicted molar refractivity (Wildman–Crippen MR) is 101 cm³/mol. The number of carbonyl (C=O) groups is 1. The van der Waals surface area contributed by atoms with Crippen LogP contribution in [0.1, 0.15) is 25.0 Å². The minimum Gasteiger partial charge on any atom is -0.496 e. The fraction of sp³-hybridized carbons (Fsp3) is 0.286. The summed E-state index contributed by atoms with van der Waals surface area (Å²) >= 11 is 0. The second-order valence-corrected chi connectivity index (χ2v) is 6.83. The molecule has 1 aromatic heterocycles. The summed E-state index contributed by atoms with van der Waals surface area (Å²) in [7, 11) is 1.64. The zero-order chi connectivity index (χ0) is 18.0. The normalized spacial score (nSPS) is 11.5. The van der Waals surface area contributed by atoms with Gasteiger partial charge in [-0.1, -0.05) is 36.4 Å². The lowest BCUT2D eigenvalue weighted by Gasteiger charge is -2.28. The fourth-order valence-electron chi connectivity index (χ4n) is 3.33. The van der Waals surface area contributed by atoms with Gasteiger partial charge in [0, 0.05) is 22.7 Å². The zero-order valence-electron chi connectivity index (χ0n) is 15.2. The van der Waals surface area contributed by atoms with Gasteiger partial charge in [0.15, 0.2) is 0 Å². The zero-order valence-corrected chi connectivity index (χ0v) is 15.2. The van der Waals surface area contributed by atoms with E-state index in [1.807, 2.05) is 67.1 Å². The van der Waals surface area contributed by atoms with Gasteiger partial charge in [0.1, 0.15) is 12.3 Å². The van der Waals surface area contributed by atoms with Crippen LogP contribution in [-0.4, -0.2) is 17.6 Å². The molecule has 1 heterocycles. The van der Waals surface area contributed by atoms with Crippen LogP contribution in [-0.2, 0) is 16.9 Å². The molecule has 0 bridgehead atoms. The number of benzene rings is 2. The van der Waals surface area contributed by atoms with Crippen LogP contribution in [0.5, 0.6) is 5.75 Å². The molecule has 0 spiro atoms. The minimum absolute atomic E-state index is 0.0309. The molecule has 0 saturated heterocycles. The van der Waals surface area contributed by atoms with Crippen molar-refractivity contribution in [2.24, 2.45) is 0 Å². The third-order valence-corrected chi connectivity index (χ3v) is 4.53. The van der Waals surface area contributed by atoms with Crippen molar-refractivity contribution in [1.29, 1.82) is 0 Å². The highest BCUT2D eigenvalue weighted by Crippen LogP contribution is 2.29. The average Bonchev–Trinajstić information content (AvgIpc) is 2.90. The van der Waals surface area contributed by atoms with E-state index in [1.165, 1.54) is 10.9 Å². The summed E-state index contributed by atoms with van der Waals surface area (Å²) in [6.45, 7) is 6.33. The van der Waals surface area contributed by atoms with Crippen LogP contribution in [0, 0.1) is 6.92 Å². The number of rotatable bonds is 5. The van der Waals surface area contributed by atoms with Gasteiger partial charge < -0.3 is 14.6 Å². The average molecular weight is 336 g/mol. The highest BCUT2D eigenvalue weighted by Gasteiger charge is 2.26. The first-order chi connectivity index (χ1) is 11.9. The number of aromatic nitrogens is 1. The van der Waals surface area contributed by atoms with E-state index in [4.69, 9.17) is 4.74 Å². The number of hydrogen-bond acceptors (Lipinski definition) is 2. The van der Waals surface area contributed by atoms with Crippen LogP contribution in [0.3, 0.4) is 0 Å². The third-order valence-electron chi connectivity index (χ3n) is 4.53. The number of hydrogen-bond donors (Lipinski definition) is 1. The van der Waals surface area contributed by atoms with Gasteiger partial charge in [-0.3, -0.25) is 4.79 Å². The Kier molecular flexibility index (Phi) is 4.53. The number of fused-ring (bicyclic) bond motifs is 1. The number of carbonyl (C=O) groups excluding carboxylic acids is 1. The molecule has 25 heavy (non-hydrogen) atoms. The molecule has 0 aliphatic carbocycles. The fourth-order valence-corrected chi connectivity index (χ4v) is 3.33. The van der Waals surface area contributed by atoms with Gasteiger partial charge >= 0.3 is 0 Å². The molecule has 1 amide bonds. The molecular formula is C21H24N2O2. The SMILES string of the molecule is COc1ccccc1C(C)(C)NC(=O)Cn1cc(C)c2ccccc21. The van der Waals surface area contributed by atoms with Crippen LogP contribution < -0.4 is 10.1 Å². The van der Waals surface area contributed by atoms with E-state index in [2.05, 4.69) is 18.3 Å². The summed E-state index contributed by atoms with van der Waals surface area (Å²) in [5, 5.41) is 4.31.